The Morgan fingerprint density at radius 1 is 1.15 bits per heavy atom. The Bertz CT molecular complexity index is 1510. The van der Waals surface area contributed by atoms with Crippen LogP contribution < -0.4 is 14.5 Å². The van der Waals surface area contributed by atoms with Crippen LogP contribution in [0, 0.1) is 24.7 Å². The lowest BCUT2D eigenvalue weighted by molar-refractivity contribution is -0.148. The SMILES string of the molecule is C=CCN(C(=O)[C@@H]1[C@H]2C(=O)N([C@H](C)CO)C(C(=O)N(CC=C)c3c(C)cccc3Cl)C23CC(C)[C@@]1(C)O3)c1ccc(OCC)cc1. The molecule has 3 fully saturated rings. The average molecular weight is 650 g/mol. The third kappa shape index (κ3) is 5.13. The summed E-state index contributed by atoms with van der Waals surface area (Å²) in [4.78, 5) is 48.9. The molecule has 9 nitrogen and oxygen atoms in total. The molecule has 2 aromatic rings. The number of para-hydroxylation sites is 1. The topological polar surface area (TPSA) is 99.6 Å². The minimum Gasteiger partial charge on any atom is -0.494 e. The zero-order valence-corrected chi connectivity index (χ0v) is 28.0. The summed E-state index contributed by atoms with van der Waals surface area (Å²) in [5.74, 6) is -2.38. The maximum absolute atomic E-state index is 14.9. The molecule has 0 radical (unpaired) electrons. The van der Waals surface area contributed by atoms with E-state index in [9.17, 15) is 19.5 Å². The van der Waals surface area contributed by atoms with Crippen molar-refractivity contribution in [3.8, 4) is 5.75 Å². The summed E-state index contributed by atoms with van der Waals surface area (Å²) in [7, 11) is 0. The van der Waals surface area contributed by atoms with Gasteiger partial charge in [0.2, 0.25) is 11.8 Å². The smallest absolute Gasteiger partial charge is 0.253 e. The number of aliphatic hydroxyl groups excluding tert-OH is 1. The molecule has 1 spiro atoms. The number of hydrogen-bond acceptors (Lipinski definition) is 6. The number of ether oxygens (including phenoxy) is 2. The van der Waals surface area contributed by atoms with E-state index in [-0.39, 0.29) is 37.4 Å². The van der Waals surface area contributed by atoms with E-state index < -0.39 is 41.0 Å². The number of carbonyl (C=O) groups excluding carboxylic acids is 3. The quantitative estimate of drug-likeness (QED) is 0.318. The number of anilines is 2. The van der Waals surface area contributed by atoms with Crippen molar-refractivity contribution in [1.82, 2.24) is 4.90 Å². The van der Waals surface area contributed by atoms with Gasteiger partial charge < -0.3 is 29.3 Å². The minimum atomic E-state index is -1.31. The molecule has 3 amide bonds. The van der Waals surface area contributed by atoms with E-state index >= 15 is 0 Å². The van der Waals surface area contributed by atoms with Crippen LogP contribution in [-0.4, -0.2) is 77.3 Å². The first-order valence-electron chi connectivity index (χ1n) is 15.9. The number of rotatable bonds is 12. The summed E-state index contributed by atoms with van der Waals surface area (Å²) in [6, 6.07) is 10.8. The molecule has 5 rings (SSSR count). The number of amides is 3. The van der Waals surface area contributed by atoms with Crippen LogP contribution >= 0.6 is 11.6 Å². The van der Waals surface area contributed by atoms with Crippen LogP contribution in [0.4, 0.5) is 11.4 Å². The van der Waals surface area contributed by atoms with Crippen LogP contribution in [0.2, 0.25) is 5.02 Å². The maximum atomic E-state index is 14.9. The van der Waals surface area contributed by atoms with Gasteiger partial charge in [0.1, 0.15) is 17.4 Å². The Morgan fingerprint density at radius 2 is 1.80 bits per heavy atom. The van der Waals surface area contributed by atoms with Gasteiger partial charge in [-0.25, -0.2) is 0 Å². The van der Waals surface area contributed by atoms with Gasteiger partial charge in [-0.2, -0.15) is 0 Å². The van der Waals surface area contributed by atoms with Crippen molar-refractivity contribution in [1.29, 1.82) is 0 Å². The molecule has 10 heteroatoms. The molecule has 3 saturated heterocycles. The van der Waals surface area contributed by atoms with Gasteiger partial charge in [0.05, 0.1) is 47.4 Å². The van der Waals surface area contributed by atoms with Gasteiger partial charge in [0.15, 0.2) is 0 Å². The van der Waals surface area contributed by atoms with Gasteiger partial charge in [-0.3, -0.25) is 14.4 Å². The number of nitrogens with zero attached hydrogens (tertiary/aromatic N) is 3. The second kappa shape index (κ2) is 12.9. The molecule has 3 aliphatic heterocycles. The Hall–Kier alpha value is -3.66. The number of likely N-dealkylation sites (tertiary alicyclic amines) is 1. The summed E-state index contributed by atoms with van der Waals surface area (Å²) in [5.41, 5.74) is -0.405. The molecule has 46 heavy (non-hydrogen) atoms. The van der Waals surface area contributed by atoms with Gasteiger partial charge in [-0.15, -0.1) is 13.2 Å². The van der Waals surface area contributed by atoms with Crippen molar-refractivity contribution in [2.75, 3.05) is 36.1 Å². The van der Waals surface area contributed by atoms with Gasteiger partial charge in [-0.1, -0.05) is 42.8 Å². The van der Waals surface area contributed by atoms with Crippen molar-refractivity contribution in [3.63, 3.8) is 0 Å². The van der Waals surface area contributed by atoms with Crippen LogP contribution in [0.3, 0.4) is 0 Å². The largest absolute Gasteiger partial charge is 0.494 e. The van der Waals surface area contributed by atoms with Crippen LogP contribution in [-0.2, 0) is 19.1 Å². The number of fused-ring (bicyclic) bond motifs is 1. The Morgan fingerprint density at radius 3 is 2.39 bits per heavy atom. The van der Waals surface area contributed by atoms with E-state index in [1.807, 2.05) is 52.0 Å². The summed E-state index contributed by atoms with van der Waals surface area (Å²) >= 11 is 6.67. The molecule has 2 bridgehead atoms. The highest BCUT2D eigenvalue weighted by Gasteiger charge is 2.80. The number of carbonyl (C=O) groups is 3. The van der Waals surface area contributed by atoms with E-state index in [0.29, 0.717) is 35.2 Å². The Kier molecular flexibility index (Phi) is 9.42. The summed E-state index contributed by atoms with van der Waals surface area (Å²) in [6.45, 7) is 17.6. The zero-order valence-electron chi connectivity index (χ0n) is 27.2. The second-order valence-electron chi connectivity index (χ2n) is 12.8. The molecule has 0 aromatic heterocycles. The van der Waals surface area contributed by atoms with Crippen molar-refractivity contribution in [3.05, 3.63) is 78.4 Å². The van der Waals surface area contributed by atoms with Gasteiger partial charge in [0, 0.05) is 18.8 Å². The van der Waals surface area contributed by atoms with Crippen molar-refractivity contribution < 1.29 is 29.0 Å². The third-order valence-corrected chi connectivity index (χ3v) is 10.4. The van der Waals surface area contributed by atoms with E-state index in [4.69, 9.17) is 21.1 Å². The predicted octanol–water partition coefficient (Wildman–Crippen LogP) is 5.18. The van der Waals surface area contributed by atoms with E-state index in [2.05, 4.69) is 13.2 Å². The molecule has 3 aliphatic rings. The first kappa shape index (κ1) is 33.7. The fourth-order valence-electron chi connectivity index (χ4n) is 7.94. The molecule has 3 heterocycles. The van der Waals surface area contributed by atoms with Crippen LogP contribution in [0.25, 0.3) is 0 Å². The number of hydrogen-bond donors (Lipinski definition) is 1. The second-order valence-corrected chi connectivity index (χ2v) is 13.2. The lowest BCUT2D eigenvalue weighted by Crippen LogP contribution is -2.59. The molecule has 3 unspecified atom stereocenters. The third-order valence-electron chi connectivity index (χ3n) is 10.1. The fourth-order valence-corrected chi connectivity index (χ4v) is 8.26. The highest BCUT2D eigenvalue weighted by atomic mass is 35.5. The van der Waals surface area contributed by atoms with Crippen LogP contribution in [0.1, 0.15) is 39.7 Å². The highest BCUT2D eigenvalue weighted by molar-refractivity contribution is 6.34. The van der Waals surface area contributed by atoms with Crippen molar-refractivity contribution in [2.45, 2.75) is 64.3 Å². The normalized spacial score (nSPS) is 28.5. The fraction of sp³-hybridized carbons (Fsp3) is 0.472. The monoisotopic (exact) mass is 649 g/mol. The van der Waals surface area contributed by atoms with Gasteiger partial charge in [-0.05, 0) is 75.9 Å². The molecule has 1 N–H and O–H groups in total. The van der Waals surface area contributed by atoms with E-state index in [0.717, 1.165) is 5.56 Å². The van der Waals surface area contributed by atoms with Gasteiger partial charge in [0.25, 0.3) is 5.91 Å². The summed E-state index contributed by atoms with van der Waals surface area (Å²) in [5, 5.41) is 10.7. The van der Waals surface area contributed by atoms with E-state index in [1.165, 1.54) is 4.90 Å². The molecular weight excluding hydrogens is 606 g/mol. The Balaban J connectivity index is 1.63. The number of aliphatic hydroxyl groups is 1. The number of benzene rings is 2. The number of halogens is 1. The van der Waals surface area contributed by atoms with Crippen molar-refractivity contribution in [2.24, 2.45) is 17.8 Å². The first-order valence-corrected chi connectivity index (χ1v) is 16.2. The lowest BCUT2D eigenvalue weighted by atomic mass is 9.62. The van der Waals surface area contributed by atoms with Crippen LogP contribution in [0.15, 0.2) is 67.8 Å². The van der Waals surface area contributed by atoms with Crippen molar-refractivity contribution >= 4 is 40.7 Å². The summed E-state index contributed by atoms with van der Waals surface area (Å²) < 4.78 is 12.5. The molecular formula is C36H44ClN3O6. The molecule has 246 valence electrons. The summed E-state index contributed by atoms with van der Waals surface area (Å²) in [6.07, 6.45) is 3.65. The lowest BCUT2D eigenvalue weighted by Gasteiger charge is -2.39. The zero-order chi connectivity index (χ0) is 33.6. The maximum Gasteiger partial charge on any atom is 0.253 e. The molecule has 2 aromatic carbocycles. The first-order chi connectivity index (χ1) is 21.9. The van der Waals surface area contributed by atoms with Crippen LogP contribution in [0.5, 0.6) is 5.75 Å². The molecule has 7 atom stereocenters. The standard InChI is InChI=1S/C36H44ClN3O6/c1-8-18-38(25-14-16-26(17-15-25)45-10-3)32(42)28-29-33(43)40(24(6)21-41)31(36(29)20-23(5)35(28,7)46-36)34(44)39(19-9-2)30-22(4)12-11-13-27(30)37/h8-9,11-17,23-24,28-29,31,41H,1-2,10,18-21H2,3-7H3/t23?,24-,28+,29+,31?,35-,36?/m1/s1. The average Bonchev–Trinajstić information content (AvgIpc) is 3.55. The molecule has 0 saturated carbocycles. The highest BCUT2D eigenvalue weighted by Crippen LogP contribution is 2.66. The minimum absolute atomic E-state index is 0.135. The predicted molar refractivity (Wildman–Crippen MR) is 179 cm³/mol. The van der Waals surface area contributed by atoms with Gasteiger partial charge >= 0.3 is 0 Å². The molecule has 0 aliphatic carbocycles. The number of aryl methyl sites for hydroxylation is 1. The van der Waals surface area contributed by atoms with E-state index in [1.54, 1.807) is 47.1 Å². The Labute approximate surface area is 276 Å².